The van der Waals surface area contributed by atoms with Crippen LogP contribution in [0.25, 0.3) is 0 Å². The van der Waals surface area contributed by atoms with Gasteiger partial charge in [0.2, 0.25) is 5.91 Å². The molecule has 11 nitrogen and oxygen atoms in total. The summed E-state index contributed by atoms with van der Waals surface area (Å²) in [5.74, 6) is -3.79. The summed E-state index contributed by atoms with van der Waals surface area (Å²) in [7, 11) is 3.71. The van der Waals surface area contributed by atoms with Crippen molar-refractivity contribution in [3.63, 3.8) is 0 Å². The van der Waals surface area contributed by atoms with E-state index in [0.29, 0.717) is 5.01 Å². The first-order valence-electron chi connectivity index (χ1n) is 18.4. The second-order valence-electron chi connectivity index (χ2n) is 14.8. The van der Waals surface area contributed by atoms with E-state index < -0.39 is 47.6 Å². The first-order valence-corrected chi connectivity index (χ1v) is 19.3. The molecule has 2 aromatic rings. The van der Waals surface area contributed by atoms with Gasteiger partial charge in [0.1, 0.15) is 16.5 Å². The molecule has 52 heavy (non-hydrogen) atoms. The summed E-state index contributed by atoms with van der Waals surface area (Å²) in [6, 6.07) is 4.68. The summed E-state index contributed by atoms with van der Waals surface area (Å²) in [5.41, 5.74) is 0.815. The van der Waals surface area contributed by atoms with Crippen molar-refractivity contribution in [3.05, 3.63) is 51.7 Å². The molecular weight excluding hydrogens is 688 g/mol. The van der Waals surface area contributed by atoms with Gasteiger partial charge in [-0.2, -0.15) is 0 Å². The number of likely N-dealkylation sites (tertiary alicyclic amines) is 1. The second kappa shape index (κ2) is 19.9. The lowest BCUT2D eigenvalue weighted by Gasteiger charge is -2.37. The third kappa shape index (κ3) is 12.2. The lowest BCUT2D eigenvalue weighted by molar-refractivity contribution is -0.149. The third-order valence-electron chi connectivity index (χ3n) is 10.4. The number of benzene rings is 1. The topological polar surface area (TPSA) is 146 Å². The Morgan fingerprint density at radius 1 is 1.10 bits per heavy atom. The fourth-order valence-electron chi connectivity index (χ4n) is 7.00. The van der Waals surface area contributed by atoms with Crippen LogP contribution >= 0.6 is 11.3 Å². The average molecular weight is 745 g/mol. The lowest BCUT2D eigenvalue weighted by atomic mass is 9.83. The van der Waals surface area contributed by atoms with Crippen LogP contribution in [-0.2, 0) is 30.3 Å². The molecule has 1 fully saturated rings. The Morgan fingerprint density at radius 3 is 2.35 bits per heavy atom. The molecule has 0 radical (unpaired) electrons. The number of amides is 2. The number of Topliss-reactive ketones (excluding diaryl/α,β-unsaturated/α-hetero) is 1. The van der Waals surface area contributed by atoms with E-state index in [1.165, 1.54) is 19.1 Å². The molecule has 0 saturated carbocycles. The van der Waals surface area contributed by atoms with Gasteiger partial charge in [-0.3, -0.25) is 28.9 Å². The highest BCUT2D eigenvalue weighted by Crippen LogP contribution is 2.33. The van der Waals surface area contributed by atoms with Crippen LogP contribution < -0.4 is 5.32 Å². The number of carbonyl (C=O) groups is 5. The van der Waals surface area contributed by atoms with Crippen LogP contribution in [0.5, 0.6) is 0 Å². The van der Waals surface area contributed by atoms with Crippen molar-refractivity contribution in [3.8, 4) is 0 Å². The number of ketones is 1. The zero-order valence-electron chi connectivity index (χ0n) is 31.9. The van der Waals surface area contributed by atoms with Gasteiger partial charge in [0, 0.05) is 50.2 Å². The lowest BCUT2D eigenvalue weighted by Crippen LogP contribution is -2.48. The zero-order valence-corrected chi connectivity index (χ0v) is 32.7. The maximum Gasteiger partial charge on any atom is 0.306 e. The summed E-state index contributed by atoms with van der Waals surface area (Å²) < 4.78 is 19.3. The molecule has 288 valence electrons. The number of aliphatic carboxylic acids is 1. The van der Waals surface area contributed by atoms with Gasteiger partial charge in [-0.15, -0.1) is 11.3 Å². The van der Waals surface area contributed by atoms with E-state index in [0.717, 1.165) is 49.1 Å². The number of carbonyl (C=O) groups excluding carboxylic acids is 4. The van der Waals surface area contributed by atoms with Gasteiger partial charge >= 0.3 is 11.9 Å². The quantitative estimate of drug-likeness (QED) is 0.158. The standard InChI is InChI=1S/C39H57FN4O7S/c1-9-24(4)30(20-34(46)32-12-10-11-17-43(32)7)38(48)44(8)33(23(2)3)21-35(51-26(6)45)37-42-31(22-52-37)36(47)41-29(18-25(5)39(49)50)19-27-13-15-28(40)16-14-27/h13-16,22-25,29-30,32-33,35H,9-12,17-21H2,1-8H3,(H,41,47)(H,49,50)/t24?,25-,29+,30-,32+,33+,35+/m0/s1. The molecule has 13 heteroatoms. The summed E-state index contributed by atoms with van der Waals surface area (Å²) in [6.45, 7) is 11.7. The number of ether oxygens (including phenoxy) is 1. The molecule has 1 saturated heterocycles. The number of rotatable bonds is 19. The Morgan fingerprint density at radius 2 is 1.77 bits per heavy atom. The predicted octanol–water partition coefficient (Wildman–Crippen LogP) is 6.32. The van der Waals surface area contributed by atoms with E-state index in [2.05, 4.69) is 15.2 Å². The van der Waals surface area contributed by atoms with Crippen molar-refractivity contribution in [2.45, 2.75) is 117 Å². The number of hydrogen-bond acceptors (Lipinski definition) is 9. The number of esters is 1. The minimum absolute atomic E-state index is 0.0183. The highest BCUT2D eigenvalue weighted by Gasteiger charge is 2.37. The molecule has 0 spiro atoms. The van der Waals surface area contributed by atoms with Crippen molar-refractivity contribution in [1.82, 2.24) is 20.1 Å². The Kier molecular flexibility index (Phi) is 16.4. The molecule has 1 unspecified atom stereocenters. The van der Waals surface area contributed by atoms with Crippen molar-refractivity contribution in [2.75, 3.05) is 20.6 Å². The molecule has 2 amide bonds. The number of halogens is 1. The molecule has 2 heterocycles. The number of thiazole rings is 1. The number of aromatic nitrogens is 1. The van der Waals surface area contributed by atoms with Gasteiger partial charge in [0.05, 0.1) is 12.0 Å². The first-order chi connectivity index (χ1) is 24.5. The van der Waals surface area contributed by atoms with Crippen molar-refractivity contribution < 1.29 is 38.2 Å². The third-order valence-corrected chi connectivity index (χ3v) is 11.3. The Bertz CT molecular complexity index is 1520. The molecule has 7 atom stereocenters. The monoisotopic (exact) mass is 744 g/mol. The maximum absolute atomic E-state index is 14.2. The summed E-state index contributed by atoms with van der Waals surface area (Å²) in [6.07, 6.45) is 3.57. The van der Waals surface area contributed by atoms with Crippen LogP contribution in [0.4, 0.5) is 4.39 Å². The van der Waals surface area contributed by atoms with E-state index in [1.54, 1.807) is 36.4 Å². The van der Waals surface area contributed by atoms with Crippen LogP contribution in [0, 0.1) is 29.5 Å². The number of likely N-dealkylation sites (N-methyl/N-ethyl adjacent to an activating group) is 1. The number of hydrogen-bond donors (Lipinski definition) is 2. The number of piperidine rings is 1. The van der Waals surface area contributed by atoms with Crippen molar-refractivity contribution in [2.24, 2.45) is 23.7 Å². The molecule has 0 bridgehead atoms. The van der Waals surface area contributed by atoms with Crippen LogP contribution in [0.15, 0.2) is 29.6 Å². The Balaban J connectivity index is 1.81. The largest absolute Gasteiger partial charge is 0.481 e. The van der Waals surface area contributed by atoms with Crippen LogP contribution in [0.3, 0.4) is 0 Å². The zero-order chi connectivity index (χ0) is 38.7. The summed E-state index contributed by atoms with van der Waals surface area (Å²) >= 11 is 1.15. The van der Waals surface area contributed by atoms with E-state index >= 15 is 0 Å². The highest BCUT2D eigenvalue weighted by atomic mass is 32.1. The molecule has 1 aliphatic rings. The minimum atomic E-state index is -0.999. The average Bonchev–Trinajstić information content (AvgIpc) is 3.59. The van der Waals surface area contributed by atoms with Crippen LogP contribution in [0.1, 0.15) is 114 Å². The number of nitrogens with one attached hydrogen (secondary N) is 1. The van der Waals surface area contributed by atoms with E-state index in [-0.39, 0.29) is 67.0 Å². The molecular formula is C39H57FN4O7S. The normalized spacial score (nSPS) is 18.5. The first kappa shape index (κ1) is 42.7. The highest BCUT2D eigenvalue weighted by molar-refractivity contribution is 7.09. The SMILES string of the molecule is CCC(C)[C@H](CC(=O)[C@H]1CCCCN1C)C(=O)N(C)[C@H](C[C@@H](OC(C)=O)c1nc(C(=O)N[C@@H](Cc2ccc(F)cc2)C[C@H](C)C(=O)O)cs1)C(C)C. The molecule has 1 aromatic carbocycles. The summed E-state index contributed by atoms with van der Waals surface area (Å²) in [4.78, 5) is 73.5. The van der Waals surface area contributed by atoms with Gasteiger partial charge in [0.25, 0.3) is 5.91 Å². The fraction of sp³-hybridized carbons (Fsp3) is 0.641. The molecule has 2 N–H and O–H groups in total. The van der Waals surface area contributed by atoms with Gasteiger partial charge in [0.15, 0.2) is 11.9 Å². The molecule has 0 aliphatic carbocycles. The number of carboxylic acid groups (broad SMARTS) is 1. The minimum Gasteiger partial charge on any atom is -0.481 e. The van der Waals surface area contributed by atoms with Crippen LogP contribution in [-0.4, -0.2) is 88.2 Å². The molecule has 1 aromatic heterocycles. The van der Waals surface area contributed by atoms with Gasteiger partial charge < -0.3 is 20.1 Å². The predicted molar refractivity (Wildman–Crippen MR) is 198 cm³/mol. The second-order valence-corrected chi connectivity index (χ2v) is 15.7. The van der Waals surface area contributed by atoms with Crippen molar-refractivity contribution >= 4 is 40.9 Å². The fourth-order valence-corrected chi connectivity index (χ4v) is 7.84. The van der Waals surface area contributed by atoms with Gasteiger partial charge in [-0.1, -0.05) is 59.6 Å². The van der Waals surface area contributed by atoms with E-state index in [1.807, 2.05) is 34.7 Å². The van der Waals surface area contributed by atoms with Gasteiger partial charge in [-0.05, 0) is 68.8 Å². The van der Waals surface area contributed by atoms with Gasteiger partial charge in [-0.25, -0.2) is 9.37 Å². The smallest absolute Gasteiger partial charge is 0.306 e. The summed E-state index contributed by atoms with van der Waals surface area (Å²) in [5, 5.41) is 14.4. The van der Waals surface area contributed by atoms with Crippen LogP contribution in [0.2, 0.25) is 0 Å². The van der Waals surface area contributed by atoms with E-state index in [4.69, 9.17) is 4.74 Å². The molecule has 1 aliphatic heterocycles. The molecule has 3 rings (SSSR count). The number of nitrogens with zero attached hydrogens (tertiary/aromatic N) is 3. The number of carboxylic acids is 1. The maximum atomic E-state index is 14.2. The van der Waals surface area contributed by atoms with E-state index in [9.17, 15) is 33.5 Å². The van der Waals surface area contributed by atoms with Crippen molar-refractivity contribution in [1.29, 1.82) is 0 Å². The Hall–Kier alpha value is -3.71. The Labute approximate surface area is 311 Å².